The molecule has 1 atom stereocenters. The number of aryl methyl sites for hydroxylation is 2. The monoisotopic (exact) mass is 443 g/mol. The molecule has 2 heterocycles. The maximum Gasteiger partial charge on any atom is 0.248 e. The van der Waals surface area contributed by atoms with Crippen molar-refractivity contribution in [2.45, 2.75) is 40.2 Å². The van der Waals surface area contributed by atoms with Gasteiger partial charge >= 0.3 is 0 Å². The van der Waals surface area contributed by atoms with Gasteiger partial charge in [-0.05, 0) is 37.6 Å². The lowest BCUT2D eigenvalue weighted by atomic mass is 10.0. The van der Waals surface area contributed by atoms with E-state index in [1.165, 1.54) is 0 Å². The predicted molar refractivity (Wildman–Crippen MR) is 131 cm³/mol. The Balaban J connectivity index is 1.55. The van der Waals surface area contributed by atoms with Crippen molar-refractivity contribution in [1.29, 1.82) is 0 Å². The van der Waals surface area contributed by atoms with Gasteiger partial charge in [-0.2, -0.15) is 5.10 Å². The van der Waals surface area contributed by atoms with E-state index < -0.39 is 6.04 Å². The fourth-order valence-electron chi connectivity index (χ4n) is 3.95. The molecule has 2 aromatic carbocycles. The number of hydrogen-bond donors (Lipinski definition) is 4. The topological polar surface area (TPSA) is 103 Å². The van der Waals surface area contributed by atoms with Gasteiger partial charge < -0.3 is 15.6 Å². The van der Waals surface area contributed by atoms with Gasteiger partial charge in [0.2, 0.25) is 11.8 Å². The van der Waals surface area contributed by atoms with Crippen molar-refractivity contribution in [2.24, 2.45) is 5.92 Å². The third-order valence-electron chi connectivity index (χ3n) is 5.62. The first kappa shape index (κ1) is 22.3. The SMILES string of the molecule is Cc1cc(C)cc(-c2cc(NC(=O)C(Cc3c[nH]c4ccccc34)NC(=O)C(C)C)n[nH]2)c1. The molecule has 0 aliphatic heterocycles. The van der Waals surface area contributed by atoms with Gasteiger partial charge in [-0.1, -0.05) is 49.2 Å². The average molecular weight is 444 g/mol. The number of carbonyl (C=O) groups excluding carboxylic acids is 2. The second-order valence-electron chi connectivity index (χ2n) is 8.81. The number of benzene rings is 2. The number of hydrogen-bond acceptors (Lipinski definition) is 3. The zero-order chi connectivity index (χ0) is 23.5. The molecule has 170 valence electrons. The van der Waals surface area contributed by atoms with Crippen molar-refractivity contribution in [3.8, 4) is 11.3 Å². The van der Waals surface area contributed by atoms with Crippen molar-refractivity contribution in [2.75, 3.05) is 5.32 Å². The van der Waals surface area contributed by atoms with Crippen LogP contribution < -0.4 is 10.6 Å². The molecule has 4 rings (SSSR count). The number of H-pyrrole nitrogens is 2. The van der Waals surface area contributed by atoms with Gasteiger partial charge in [-0.3, -0.25) is 14.7 Å². The van der Waals surface area contributed by atoms with Gasteiger partial charge in [0, 0.05) is 41.1 Å². The molecule has 0 spiro atoms. The number of nitrogens with one attached hydrogen (secondary N) is 4. The van der Waals surface area contributed by atoms with Gasteiger partial charge in [0.15, 0.2) is 5.82 Å². The standard InChI is InChI=1S/C26H29N5O2/c1-15(2)25(32)28-23(12-19-14-27-21-8-6-5-7-20(19)21)26(33)29-24-13-22(30-31-24)18-10-16(3)9-17(4)11-18/h5-11,13-15,23,27H,12H2,1-4H3,(H,28,32)(H2,29,30,31,33). The van der Waals surface area contributed by atoms with Gasteiger partial charge in [-0.25, -0.2) is 0 Å². The molecule has 0 saturated heterocycles. The highest BCUT2D eigenvalue weighted by atomic mass is 16.2. The lowest BCUT2D eigenvalue weighted by Gasteiger charge is -2.19. The van der Waals surface area contributed by atoms with Crippen LogP contribution >= 0.6 is 0 Å². The fourth-order valence-corrected chi connectivity index (χ4v) is 3.95. The Morgan fingerprint density at radius 1 is 1.00 bits per heavy atom. The number of para-hydroxylation sites is 1. The fraction of sp³-hybridized carbons (Fsp3) is 0.269. The summed E-state index contributed by atoms with van der Waals surface area (Å²) in [5.41, 5.74) is 6.08. The number of nitrogens with zero attached hydrogens (tertiary/aromatic N) is 1. The van der Waals surface area contributed by atoms with Crippen LogP contribution in [0.3, 0.4) is 0 Å². The summed E-state index contributed by atoms with van der Waals surface area (Å²) in [6, 6.07) is 15.2. The number of rotatable bonds is 7. The molecule has 0 bridgehead atoms. The molecule has 7 nitrogen and oxygen atoms in total. The maximum absolute atomic E-state index is 13.2. The average Bonchev–Trinajstić information content (AvgIpc) is 3.40. The quantitative estimate of drug-likeness (QED) is 0.338. The summed E-state index contributed by atoms with van der Waals surface area (Å²) >= 11 is 0. The number of carbonyl (C=O) groups is 2. The van der Waals surface area contributed by atoms with Crippen LogP contribution in [0.4, 0.5) is 5.82 Å². The van der Waals surface area contributed by atoms with Crippen LogP contribution in [0.2, 0.25) is 0 Å². The first-order chi connectivity index (χ1) is 15.8. The Hall–Kier alpha value is -3.87. The Kier molecular flexibility index (Phi) is 6.31. The summed E-state index contributed by atoms with van der Waals surface area (Å²) < 4.78 is 0. The molecule has 4 N–H and O–H groups in total. The summed E-state index contributed by atoms with van der Waals surface area (Å²) in [5.74, 6) is -0.303. The van der Waals surface area contributed by atoms with E-state index >= 15 is 0 Å². The van der Waals surface area contributed by atoms with Crippen molar-refractivity contribution < 1.29 is 9.59 Å². The number of aromatic nitrogens is 3. The molecule has 1 unspecified atom stereocenters. The first-order valence-corrected chi connectivity index (χ1v) is 11.1. The second-order valence-corrected chi connectivity index (χ2v) is 8.81. The van der Waals surface area contributed by atoms with Gasteiger partial charge in [0.05, 0.1) is 5.69 Å². The van der Waals surface area contributed by atoms with Crippen molar-refractivity contribution in [3.63, 3.8) is 0 Å². The van der Waals surface area contributed by atoms with Crippen LogP contribution in [0.5, 0.6) is 0 Å². The highest BCUT2D eigenvalue weighted by molar-refractivity contribution is 5.98. The summed E-state index contributed by atoms with van der Waals surface area (Å²) in [6.45, 7) is 7.70. The third-order valence-corrected chi connectivity index (χ3v) is 5.62. The van der Waals surface area contributed by atoms with E-state index in [1.807, 2.05) is 44.3 Å². The Morgan fingerprint density at radius 3 is 2.45 bits per heavy atom. The summed E-state index contributed by atoms with van der Waals surface area (Å²) in [4.78, 5) is 28.9. The number of anilines is 1. The minimum absolute atomic E-state index is 0.173. The molecule has 0 aliphatic rings. The molecule has 4 aromatic rings. The molecule has 33 heavy (non-hydrogen) atoms. The van der Waals surface area contributed by atoms with E-state index in [9.17, 15) is 9.59 Å². The predicted octanol–water partition coefficient (Wildman–Crippen LogP) is 4.50. The number of amides is 2. The maximum atomic E-state index is 13.2. The van der Waals surface area contributed by atoms with Gasteiger partial charge in [0.1, 0.15) is 6.04 Å². The zero-order valence-corrected chi connectivity index (χ0v) is 19.3. The lowest BCUT2D eigenvalue weighted by molar-refractivity contribution is -0.128. The lowest BCUT2D eigenvalue weighted by Crippen LogP contribution is -2.46. The summed E-state index contributed by atoms with van der Waals surface area (Å²) in [6.07, 6.45) is 2.25. The van der Waals surface area contributed by atoms with Crippen LogP contribution in [0.15, 0.2) is 54.7 Å². The molecule has 0 radical (unpaired) electrons. The number of aromatic amines is 2. The van der Waals surface area contributed by atoms with Gasteiger partial charge in [-0.15, -0.1) is 0 Å². The molecule has 0 fully saturated rings. The van der Waals surface area contributed by atoms with E-state index in [0.717, 1.165) is 38.9 Å². The minimum Gasteiger partial charge on any atom is -0.361 e. The Labute approximate surface area is 193 Å². The smallest absolute Gasteiger partial charge is 0.248 e. The molecular formula is C26H29N5O2. The minimum atomic E-state index is -0.736. The summed E-state index contributed by atoms with van der Waals surface area (Å²) in [7, 11) is 0. The molecule has 2 aromatic heterocycles. The van der Waals surface area contributed by atoms with E-state index in [0.29, 0.717) is 12.2 Å². The van der Waals surface area contributed by atoms with Crippen molar-refractivity contribution >= 4 is 28.5 Å². The van der Waals surface area contributed by atoms with E-state index in [1.54, 1.807) is 19.9 Å². The van der Waals surface area contributed by atoms with Crippen LogP contribution in [-0.2, 0) is 16.0 Å². The zero-order valence-electron chi connectivity index (χ0n) is 19.3. The largest absolute Gasteiger partial charge is 0.361 e. The molecule has 7 heteroatoms. The van der Waals surface area contributed by atoms with Crippen molar-refractivity contribution in [1.82, 2.24) is 20.5 Å². The summed E-state index contributed by atoms with van der Waals surface area (Å²) in [5, 5.41) is 14.0. The second kappa shape index (κ2) is 9.32. The Morgan fingerprint density at radius 2 is 1.73 bits per heavy atom. The highest BCUT2D eigenvalue weighted by Crippen LogP contribution is 2.23. The van der Waals surface area contributed by atoms with E-state index in [4.69, 9.17) is 0 Å². The molecule has 0 saturated carbocycles. The van der Waals surface area contributed by atoms with Gasteiger partial charge in [0.25, 0.3) is 0 Å². The third kappa shape index (κ3) is 5.14. The van der Waals surface area contributed by atoms with Crippen molar-refractivity contribution in [3.05, 3.63) is 71.4 Å². The number of fused-ring (bicyclic) bond motifs is 1. The van der Waals surface area contributed by atoms with E-state index in [2.05, 4.69) is 44.0 Å². The van der Waals surface area contributed by atoms with Crippen LogP contribution in [0.1, 0.15) is 30.5 Å². The molecule has 0 aliphatic carbocycles. The first-order valence-electron chi connectivity index (χ1n) is 11.1. The van der Waals surface area contributed by atoms with Crippen LogP contribution in [0, 0.1) is 19.8 Å². The Bertz CT molecular complexity index is 1280. The normalized spacial score (nSPS) is 12.2. The van der Waals surface area contributed by atoms with Crippen LogP contribution in [-0.4, -0.2) is 33.0 Å². The highest BCUT2D eigenvalue weighted by Gasteiger charge is 2.24. The molecular weight excluding hydrogens is 414 g/mol. The van der Waals surface area contributed by atoms with Crippen LogP contribution in [0.25, 0.3) is 22.2 Å². The molecule has 2 amide bonds. The van der Waals surface area contributed by atoms with E-state index in [-0.39, 0.29) is 17.7 Å².